The molecule has 1 N–H and O–H groups in total. The molecule has 26 heavy (non-hydrogen) atoms. The molecule has 7 heteroatoms. The second kappa shape index (κ2) is 6.00. The number of benzene rings is 1. The van der Waals surface area contributed by atoms with Crippen LogP contribution >= 0.6 is 0 Å². The summed E-state index contributed by atoms with van der Waals surface area (Å²) in [6.45, 7) is 0.260. The van der Waals surface area contributed by atoms with Gasteiger partial charge in [0.1, 0.15) is 5.75 Å². The molecule has 2 heterocycles. The van der Waals surface area contributed by atoms with Crippen molar-refractivity contribution in [1.82, 2.24) is 10.3 Å². The fourth-order valence-electron chi connectivity index (χ4n) is 3.15. The number of carbonyl (C=O) groups is 1. The Morgan fingerprint density at radius 1 is 1.19 bits per heavy atom. The van der Waals surface area contributed by atoms with Crippen molar-refractivity contribution in [3.8, 4) is 16.9 Å². The molecule has 1 aliphatic carbocycles. The van der Waals surface area contributed by atoms with Gasteiger partial charge in [0.25, 0.3) is 5.91 Å². The van der Waals surface area contributed by atoms with Crippen molar-refractivity contribution in [3.05, 3.63) is 47.8 Å². The van der Waals surface area contributed by atoms with Gasteiger partial charge >= 0.3 is 6.18 Å². The van der Waals surface area contributed by atoms with Gasteiger partial charge in [-0.05, 0) is 42.2 Å². The Kier molecular flexibility index (Phi) is 3.89. The van der Waals surface area contributed by atoms with Crippen LogP contribution in [0.3, 0.4) is 0 Å². The number of nitrogens with zero attached hydrogens (tertiary/aromatic N) is 1. The zero-order valence-electron chi connectivity index (χ0n) is 13.9. The quantitative estimate of drug-likeness (QED) is 0.901. The summed E-state index contributed by atoms with van der Waals surface area (Å²) in [6, 6.07) is 7.40. The number of hydrogen-bond donors (Lipinski definition) is 1. The molecule has 1 aromatic heterocycles. The number of nitrogens with one attached hydrogen (secondary N) is 1. The van der Waals surface area contributed by atoms with Crippen LogP contribution < -0.4 is 10.1 Å². The summed E-state index contributed by atoms with van der Waals surface area (Å²) in [4.78, 5) is 16.3. The predicted molar refractivity (Wildman–Crippen MR) is 88.9 cm³/mol. The van der Waals surface area contributed by atoms with Crippen molar-refractivity contribution in [2.45, 2.75) is 25.4 Å². The van der Waals surface area contributed by atoms with Crippen LogP contribution in [-0.4, -0.2) is 30.2 Å². The highest BCUT2D eigenvalue weighted by Gasteiger charge is 2.63. The molecule has 1 saturated carbocycles. The van der Waals surface area contributed by atoms with E-state index in [-0.39, 0.29) is 18.4 Å². The number of aromatic nitrogens is 1. The first-order chi connectivity index (χ1) is 12.4. The molecule has 136 valence electrons. The highest BCUT2D eigenvalue weighted by Crippen LogP contribution is 2.57. The van der Waals surface area contributed by atoms with Crippen LogP contribution in [0.5, 0.6) is 5.75 Å². The third-order valence-corrected chi connectivity index (χ3v) is 5.07. The summed E-state index contributed by atoms with van der Waals surface area (Å²) >= 11 is 0. The largest absolute Gasteiger partial charge is 0.493 e. The normalized spacial score (nSPS) is 17.3. The zero-order valence-corrected chi connectivity index (χ0v) is 13.9. The SMILES string of the molecule is O=C(NCC1(C(F)(F)F)CC1)c1cncc(-c2ccc3c(c2)CCO3)c1. The Morgan fingerprint density at radius 2 is 2.00 bits per heavy atom. The molecule has 1 aliphatic heterocycles. The molecular formula is C19H17F3N2O2. The molecule has 0 radical (unpaired) electrons. The van der Waals surface area contributed by atoms with Gasteiger partial charge in [0.05, 0.1) is 17.6 Å². The molecule has 2 aromatic rings. The summed E-state index contributed by atoms with van der Waals surface area (Å²) in [5, 5.41) is 2.41. The lowest BCUT2D eigenvalue weighted by atomic mass is 10.0. The number of ether oxygens (including phenoxy) is 1. The number of halogens is 3. The number of pyridine rings is 1. The Labute approximate surface area is 148 Å². The van der Waals surface area contributed by atoms with Crippen molar-refractivity contribution >= 4 is 5.91 Å². The van der Waals surface area contributed by atoms with E-state index in [0.717, 1.165) is 28.9 Å². The van der Waals surface area contributed by atoms with Gasteiger partial charge in [-0.2, -0.15) is 13.2 Å². The number of fused-ring (bicyclic) bond motifs is 1. The Hall–Kier alpha value is -2.57. The molecule has 1 amide bonds. The summed E-state index contributed by atoms with van der Waals surface area (Å²) in [6.07, 6.45) is -0.337. The van der Waals surface area contributed by atoms with Crippen LogP contribution in [0.15, 0.2) is 36.7 Å². The van der Waals surface area contributed by atoms with Crippen molar-refractivity contribution in [3.63, 3.8) is 0 Å². The van der Waals surface area contributed by atoms with Crippen LogP contribution in [0.4, 0.5) is 13.2 Å². The number of rotatable bonds is 4. The van der Waals surface area contributed by atoms with Crippen molar-refractivity contribution in [2.75, 3.05) is 13.2 Å². The van der Waals surface area contributed by atoms with Gasteiger partial charge in [0, 0.05) is 30.9 Å². The molecule has 0 atom stereocenters. The first kappa shape index (κ1) is 16.9. The van der Waals surface area contributed by atoms with Crippen molar-refractivity contribution < 1.29 is 22.7 Å². The maximum atomic E-state index is 13.0. The monoisotopic (exact) mass is 362 g/mol. The van der Waals surface area contributed by atoms with E-state index < -0.39 is 24.0 Å². The minimum Gasteiger partial charge on any atom is -0.493 e. The second-order valence-corrected chi connectivity index (χ2v) is 6.84. The van der Waals surface area contributed by atoms with E-state index >= 15 is 0 Å². The minimum atomic E-state index is -4.28. The van der Waals surface area contributed by atoms with Gasteiger partial charge < -0.3 is 10.1 Å². The molecule has 0 spiro atoms. The lowest BCUT2D eigenvalue weighted by Crippen LogP contribution is -2.38. The fourth-order valence-corrected chi connectivity index (χ4v) is 3.15. The highest BCUT2D eigenvalue weighted by atomic mass is 19.4. The van der Waals surface area contributed by atoms with Crippen LogP contribution in [0, 0.1) is 5.41 Å². The molecular weight excluding hydrogens is 345 g/mol. The lowest BCUT2D eigenvalue weighted by molar-refractivity contribution is -0.184. The van der Waals surface area contributed by atoms with E-state index in [1.807, 2.05) is 18.2 Å². The maximum Gasteiger partial charge on any atom is 0.396 e. The molecule has 1 fully saturated rings. The smallest absolute Gasteiger partial charge is 0.396 e. The van der Waals surface area contributed by atoms with E-state index in [4.69, 9.17) is 4.74 Å². The summed E-state index contributed by atoms with van der Waals surface area (Å²) in [5.41, 5.74) is 1.22. The molecule has 0 unspecified atom stereocenters. The first-order valence-electron chi connectivity index (χ1n) is 8.44. The summed E-state index contributed by atoms with van der Waals surface area (Å²) in [7, 11) is 0. The third-order valence-electron chi connectivity index (χ3n) is 5.07. The summed E-state index contributed by atoms with van der Waals surface area (Å²) < 4.78 is 44.4. The van der Waals surface area contributed by atoms with Gasteiger partial charge in [-0.15, -0.1) is 0 Å². The molecule has 2 aliphatic rings. The minimum absolute atomic E-state index is 0.0618. The number of carbonyl (C=O) groups excluding carboxylic acids is 1. The van der Waals surface area contributed by atoms with Crippen LogP contribution in [0.1, 0.15) is 28.8 Å². The second-order valence-electron chi connectivity index (χ2n) is 6.84. The van der Waals surface area contributed by atoms with Crippen LogP contribution in [0.2, 0.25) is 0 Å². The van der Waals surface area contributed by atoms with Gasteiger partial charge in [0.15, 0.2) is 0 Å². The van der Waals surface area contributed by atoms with E-state index in [1.165, 1.54) is 6.20 Å². The van der Waals surface area contributed by atoms with E-state index in [2.05, 4.69) is 10.3 Å². The number of alkyl halides is 3. The highest BCUT2D eigenvalue weighted by molar-refractivity contribution is 5.95. The Bertz CT molecular complexity index is 860. The van der Waals surface area contributed by atoms with Crippen molar-refractivity contribution in [1.29, 1.82) is 0 Å². The summed E-state index contributed by atoms with van der Waals surface area (Å²) in [5.74, 6) is 0.317. The van der Waals surface area contributed by atoms with Crippen LogP contribution in [-0.2, 0) is 6.42 Å². The van der Waals surface area contributed by atoms with Crippen molar-refractivity contribution in [2.24, 2.45) is 5.41 Å². The standard InChI is InChI=1S/C19H17F3N2O2/c20-19(21,22)18(4-5-18)11-24-17(25)15-8-14(9-23-10-15)12-1-2-16-13(7-12)3-6-26-16/h1-2,7-10H,3-6,11H2,(H,24,25). The zero-order chi connectivity index (χ0) is 18.4. The Balaban J connectivity index is 1.50. The molecule has 1 aromatic carbocycles. The van der Waals surface area contributed by atoms with Gasteiger partial charge in [-0.1, -0.05) is 6.07 Å². The Morgan fingerprint density at radius 3 is 2.73 bits per heavy atom. The third kappa shape index (κ3) is 3.02. The molecule has 4 nitrogen and oxygen atoms in total. The molecule has 4 rings (SSSR count). The first-order valence-corrected chi connectivity index (χ1v) is 8.44. The lowest BCUT2D eigenvalue weighted by Gasteiger charge is -2.19. The van der Waals surface area contributed by atoms with Gasteiger partial charge in [-0.25, -0.2) is 0 Å². The predicted octanol–water partition coefficient (Wildman–Crippen LogP) is 3.76. The number of amides is 1. The fraction of sp³-hybridized carbons (Fsp3) is 0.368. The van der Waals surface area contributed by atoms with E-state index in [9.17, 15) is 18.0 Å². The average molecular weight is 362 g/mol. The molecule has 0 saturated heterocycles. The topological polar surface area (TPSA) is 51.2 Å². The average Bonchev–Trinajstić information content (AvgIpc) is 3.29. The van der Waals surface area contributed by atoms with E-state index in [1.54, 1.807) is 12.3 Å². The van der Waals surface area contributed by atoms with Gasteiger partial charge in [-0.3, -0.25) is 9.78 Å². The maximum absolute atomic E-state index is 13.0. The number of hydrogen-bond acceptors (Lipinski definition) is 3. The van der Waals surface area contributed by atoms with E-state index in [0.29, 0.717) is 6.61 Å². The molecule has 0 bridgehead atoms. The van der Waals surface area contributed by atoms with Crippen LogP contribution in [0.25, 0.3) is 11.1 Å². The van der Waals surface area contributed by atoms with Gasteiger partial charge in [0.2, 0.25) is 0 Å².